The second-order valence-electron chi connectivity index (χ2n) is 5.67. The topological polar surface area (TPSA) is 84.5 Å². The molecule has 2 rings (SSSR count). The molecular weight excluding hydrogens is 391 g/mol. The summed E-state index contributed by atoms with van der Waals surface area (Å²) in [5.74, 6) is -1.67. The van der Waals surface area contributed by atoms with Crippen molar-refractivity contribution in [1.29, 1.82) is 0 Å². The van der Waals surface area contributed by atoms with Gasteiger partial charge in [0.05, 0.1) is 16.1 Å². The van der Waals surface area contributed by atoms with Crippen molar-refractivity contribution in [2.24, 2.45) is 0 Å². The summed E-state index contributed by atoms with van der Waals surface area (Å²) in [6.07, 6.45) is 0. The van der Waals surface area contributed by atoms with E-state index >= 15 is 0 Å². The maximum absolute atomic E-state index is 12.0. The molecule has 0 heterocycles. The Morgan fingerprint density at radius 3 is 2.41 bits per heavy atom. The average molecular weight is 409 g/mol. The summed E-state index contributed by atoms with van der Waals surface area (Å²) in [4.78, 5) is 35.5. The van der Waals surface area contributed by atoms with Crippen LogP contribution in [0.3, 0.4) is 0 Å². The first kappa shape index (κ1) is 20.7. The smallest absolute Gasteiger partial charge is 0.325 e. The monoisotopic (exact) mass is 408 g/mol. The summed E-state index contributed by atoms with van der Waals surface area (Å²) in [5, 5.41) is 5.67. The number of rotatable bonds is 7. The van der Waals surface area contributed by atoms with Crippen LogP contribution in [0.2, 0.25) is 10.0 Å². The van der Waals surface area contributed by atoms with Crippen molar-refractivity contribution in [1.82, 2.24) is 10.6 Å². The van der Waals surface area contributed by atoms with E-state index in [0.717, 1.165) is 5.56 Å². The molecule has 0 bridgehead atoms. The summed E-state index contributed by atoms with van der Waals surface area (Å²) < 4.78 is 4.86. The van der Waals surface area contributed by atoms with Crippen molar-refractivity contribution in [2.45, 2.75) is 13.0 Å². The molecule has 6 nitrogen and oxygen atoms in total. The van der Waals surface area contributed by atoms with E-state index in [1.54, 1.807) is 0 Å². The normalized spacial score (nSPS) is 11.4. The number of carbonyl (C=O) groups is 3. The minimum Gasteiger partial charge on any atom is -0.454 e. The Labute approximate surface area is 166 Å². The van der Waals surface area contributed by atoms with E-state index in [9.17, 15) is 14.4 Å². The van der Waals surface area contributed by atoms with Crippen LogP contribution in [0.15, 0.2) is 48.5 Å². The van der Waals surface area contributed by atoms with Gasteiger partial charge in [-0.3, -0.25) is 14.4 Å². The van der Waals surface area contributed by atoms with Crippen LogP contribution in [0.1, 0.15) is 28.9 Å². The van der Waals surface area contributed by atoms with Gasteiger partial charge in [-0.15, -0.1) is 0 Å². The van der Waals surface area contributed by atoms with Gasteiger partial charge in [0.1, 0.15) is 6.54 Å². The predicted octanol–water partition coefficient (Wildman–Crippen LogP) is 3.14. The van der Waals surface area contributed by atoms with Crippen LogP contribution < -0.4 is 10.6 Å². The first-order valence-corrected chi connectivity index (χ1v) is 8.85. The van der Waals surface area contributed by atoms with Crippen LogP contribution in [0.4, 0.5) is 0 Å². The van der Waals surface area contributed by atoms with Crippen LogP contribution in [0.5, 0.6) is 0 Å². The zero-order valence-corrected chi connectivity index (χ0v) is 16.0. The minimum absolute atomic E-state index is 0.216. The third kappa shape index (κ3) is 6.58. The summed E-state index contributed by atoms with van der Waals surface area (Å²) in [7, 11) is 0. The second kappa shape index (κ2) is 9.94. The maximum atomic E-state index is 12.0. The van der Waals surface area contributed by atoms with Crippen molar-refractivity contribution in [3.63, 3.8) is 0 Å². The molecule has 0 unspecified atom stereocenters. The number of hydrogen-bond acceptors (Lipinski definition) is 4. The van der Waals surface area contributed by atoms with Gasteiger partial charge in [0.25, 0.3) is 11.8 Å². The molecule has 0 radical (unpaired) electrons. The lowest BCUT2D eigenvalue weighted by Crippen LogP contribution is -2.34. The van der Waals surface area contributed by atoms with Gasteiger partial charge in [0.15, 0.2) is 6.61 Å². The summed E-state index contributed by atoms with van der Waals surface area (Å²) in [5.41, 5.74) is 1.19. The van der Waals surface area contributed by atoms with E-state index in [-0.39, 0.29) is 23.2 Å². The average Bonchev–Trinajstić information content (AvgIpc) is 2.67. The fraction of sp³-hybridized carbons (Fsp3) is 0.211. The Balaban J connectivity index is 1.73. The Hall–Kier alpha value is -2.57. The fourth-order valence-corrected chi connectivity index (χ4v) is 2.50. The molecule has 2 aromatic rings. The highest BCUT2D eigenvalue weighted by Crippen LogP contribution is 2.22. The molecule has 2 amide bonds. The number of benzene rings is 2. The van der Waals surface area contributed by atoms with Crippen LogP contribution in [-0.2, 0) is 14.3 Å². The second-order valence-corrected chi connectivity index (χ2v) is 6.49. The summed E-state index contributed by atoms with van der Waals surface area (Å²) >= 11 is 11.6. The van der Waals surface area contributed by atoms with Gasteiger partial charge in [-0.1, -0.05) is 53.5 Å². The lowest BCUT2D eigenvalue weighted by molar-refractivity contribution is -0.147. The van der Waals surface area contributed by atoms with Crippen LogP contribution in [0.25, 0.3) is 0 Å². The molecule has 0 spiro atoms. The highest BCUT2D eigenvalue weighted by Gasteiger charge is 2.13. The summed E-state index contributed by atoms with van der Waals surface area (Å²) in [6, 6.07) is 13.5. The molecule has 0 saturated heterocycles. The Bertz CT molecular complexity index is 828. The van der Waals surface area contributed by atoms with Gasteiger partial charge in [-0.25, -0.2) is 0 Å². The number of halogens is 2. The first-order valence-electron chi connectivity index (χ1n) is 8.10. The quantitative estimate of drug-likeness (QED) is 0.689. The van der Waals surface area contributed by atoms with Crippen LogP contribution >= 0.6 is 23.2 Å². The Morgan fingerprint density at radius 2 is 1.74 bits per heavy atom. The van der Waals surface area contributed by atoms with E-state index in [4.69, 9.17) is 27.9 Å². The lowest BCUT2D eigenvalue weighted by atomic mass is 10.1. The standard InChI is InChI=1S/C19H18Cl2N2O4/c1-12(13-5-3-2-4-6-13)23-17(24)11-27-18(25)10-22-19(26)14-7-8-15(20)16(21)9-14/h2-9,12H,10-11H2,1H3,(H,22,26)(H,23,24)/t12-/m1/s1. The van der Waals surface area contributed by atoms with Gasteiger partial charge in [0, 0.05) is 5.56 Å². The van der Waals surface area contributed by atoms with E-state index in [1.165, 1.54) is 18.2 Å². The zero-order valence-electron chi connectivity index (χ0n) is 14.5. The Kier molecular flexibility index (Phi) is 7.64. The molecule has 2 N–H and O–H groups in total. The molecule has 8 heteroatoms. The molecular formula is C19H18Cl2N2O4. The highest BCUT2D eigenvalue weighted by molar-refractivity contribution is 6.42. The van der Waals surface area contributed by atoms with Crippen molar-refractivity contribution in [3.05, 3.63) is 69.7 Å². The number of carbonyl (C=O) groups excluding carboxylic acids is 3. The van der Waals surface area contributed by atoms with E-state index in [2.05, 4.69) is 10.6 Å². The number of ether oxygens (including phenoxy) is 1. The van der Waals surface area contributed by atoms with Gasteiger partial charge in [-0.05, 0) is 30.7 Å². The fourth-order valence-electron chi connectivity index (χ4n) is 2.20. The molecule has 0 aromatic heterocycles. The third-order valence-corrected chi connectivity index (χ3v) is 4.36. The summed E-state index contributed by atoms with van der Waals surface area (Å²) in [6.45, 7) is 1.02. The van der Waals surface area contributed by atoms with Crippen LogP contribution in [0, 0.1) is 0 Å². The molecule has 0 aliphatic rings. The molecule has 1 atom stereocenters. The predicted molar refractivity (Wildman–Crippen MR) is 103 cm³/mol. The molecule has 0 saturated carbocycles. The highest BCUT2D eigenvalue weighted by atomic mass is 35.5. The minimum atomic E-state index is -0.731. The van der Waals surface area contributed by atoms with Crippen molar-refractivity contribution in [3.8, 4) is 0 Å². The van der Waals surface area contributed by atoms with Gasteiger partial charge < -0.3 is 15.4 Å². The van der Waals surface area contributed by atoms with Crippen molar-refractivity contribution in [2.75, 3.05) is 13.2 Å². The number of amides is 2. The third-order valence-electron chi connectivity index (χ3n) is 3.62. The Morgan fingerprint density at radius 1 is 1.04 bits per heavy atom. The maximum Gasteiger partial charge on any atom is 0.325 e. The van der Waals surface area contributed by atoms with Crippen molar-refractivity contribution >= 4 is 41.0 Å². The lowest BCUT2D eigenvalue weighted by Gasteiger charge is -2.14. The SMILES string of the molecule is C[C@@H](NC(=O)COC(=O)CNC(=O)c1ccc(Cl)c(Cl)c1)c1ccccc1. The molecule has 0 aliphatic heterocycles. The van der Waals surface area contributed by atoms with Crippen LogP contribution in [-0.4, -0.2) is 30.9 Å². The van der Waals surface area contributed by atoms with Gasteiger partial charge in [-0.2, -0.15) is 0 Å². The van der Waals surface area contributed by atoms with E-state index in [1.807, 2.05) is 37.3 Å². The van der Waals surface area contributed by atoms with E-state index < -0.39 is 24.4 Å². The molecule has 0 fully saturated rings. The first-order chi connectivity index (χ1) is 12.9. The number of esters is 1. The van der Waals surface area contributed by atoms with Gasteiger partial charge >= 0.3 is 5.97 Å². The molecule has 2 aromatic carbocycles. The van der Waals surface area contributed by atoms with E-state index in [0.29, 0.717) is 5.02 Å². The molecule has 0 aliphatic carbocycles. The van der Waals surface area contributed by atoms with Crippen molar-refractivity contribution < 1.29 is 19.1 Å². The number of hydrogen-bond donors (Lipinski definition) is 2. The molecule has 142 valence electrons. The zero-order chi connectivity index (χ0) is 19.8. The molecule has 27 heavy (non-hydrogen) atoms. The number of nitrogens with one attached hydrogen (secondary N) is 2. The largest absolute Gasteiger partial charge is 0.454 e. The van der Waals surface area contributed by atoms with Gasteiger partial charge in [0.2, 0.25) is 0 Å².